The Hall–Kier alpha value is -0.700. The van der Waals surface area contributed by atoms with Crippen molar-refractivity contribution in [3.05, 3.63) is 0 Å². The molecule has 8 heteroatoms. The van der Waals surface area contributed by atoms with Gasteiger partial charge in [0, 0.05) is 40.4 Å². The molecule has 0 bridgehead atoms. The fraction of sp³-hybridized carbons (Fsp3) is 0.800. The predicted molar refractivity (Wildman–Crippen MR) is 81.0 cm³/mol. The molecule has 106 valence electrons. The van der Waals surface area contributed by atoms with Crippen molar-refractivity contribution in [2.75, 3.05) is 53.6 Å². The van der Waals surface area contributed by atoms with Crippen molar-refractivity contribution in [2.45, 2.75) is 0 Å². The molecule has 4 N–H and O–H groups in total. The van der Waals surface area contributed by atoms with Gasteiger partial charge in [-0.25, -0.2) is 0 Å². The Morgan fingerprint density at radius 1 is 0.722 bits per heavy atom. The van der Waals surface area contributed by atoms with Gasteiger partial charge in [0.2, 0.25) is 0 Å². The zero-order chi connectivity index (χ0) is 13.6. The van der Waals surface area contributed by atoms with E-state index in [0.29, 0.717) is 49.6 Å². The maximum atomic E-state index is 5.06. The number of methoxy groups -OCH3 is 2. The molecule has 0 unspecified atom stereocenters. The lowest BCUT2D eigenvalue weighted by molar-refractivity contribution is 0.203. The van der Waals surface area contributed by atoms with Crippen molar-refractivity contribution >= 4 is 34.7 Å². The van der Waals surface area contributed by atoms with Crippen LogP contribution < -0.4 is 21.3 Å². The lowest BCUT2D eigenvalue weighted by Crippen LogP contribution is -2.43. The second kappa shape index (κ2) is 12.7. The average Bonchev–Trinajstić information content (AvgIpc) is 2.35. The van der Waals surface area contributed by atoms with Gasteiger partial charge in [0.25, 0.3) is 0 Å². The summed E-state index contributed by atoms with van der Waals surface area (Å²) < 4.78 is 9.80. The molecule has 0 atom stereocenters. The predicted octanol–water partition coefficient (Wildman–Crippen LogP) is -0.793. The molecule has 0 spiro atoms. The van der Waals surface area contributed by atoms with Gasteiger partial charge < -0.3 is 30.7 Å². The molecule has 18 heavy (non-hydrogen) atoms. The van der Waals surface area contributed by atoms with E-state index in [0.717, 1.165) is 0 Å². The summed E-state index contributed by atoms with van der Waals surface area (Å²) in [5, 5.41) is 13.4. The first-order chi connectivity index (χ1) is 8.70. The second-order valence-electron chi connectivity index (χ2n) is 3.35. The maximum absolute atomic E-state index is 5.06. The van der Waals surface area contributed by atoms with E-state index < -0.39 is 0 Å². The zero-order valence-corrected chi connectivity index (χ0v) is 12.5. The summed E-state index contributed by atoms with van der Waals surface area (Å²) in [6, 6.07) is 0. The Morgan fingerprint density at radius 2 is 1.06 bits per heavy atom. The van der Waals surface area contributed by atoms with E-state index in [1.54, 1.807) is 14.2 Å². The minimum Gasteiger partial charge on any atom is -0.383 e. The summed E-state index contributed by atoms with van der Waals surface area (Å²) in [5.41, 5.74) is 0. The van der Waals surface area contributed by atoms with E-state index >= 15 is 0 Å². The van der Waals surface area contributed by atoms with E-state index in [-0.39, 0.29) is 0 Å². The van der Waals surface area contributed by atoms with Gasteiger partial charge >= 0.3 is 0 Å². The van der Waals surface area contributed by atoms with E-state index in [2.05, 4.69) is 21.3 Å². The smallest absolute Gasteiger partial charge is 0.166 e. The maximum Gasteiger partial charge on any atom is 0.166 e. The summed E-state index contributed by atoms with van der Waals surface area (Å²) in [6.07, 6.45) is 0. The van der Waals surface area contributed by atoms with Crippen molar-refractivity contribution in [1.82, 2.24) is 21.3 Å². The average molecular weight is 294 g/mol. The Labute approximate surface area is 119 Å². The van der Waals surface area contributed by atoms with Crippen molar-refractivity contribution < 1.29 is 9.47 Å². The third kappa shape index (κ3) is 11.8. The highest BCUT2D eigenvalue weighted by molar-refractivity contribution is 7.80. The van der Waals surface area contributed by atoms with Crippen LogP contribution in [0, 0.1) is 0 Å². The topological polar surface area (TPSA) is 66.6 Å². The number of nitrogens with one attached hydrogen (secondary N) is 4. The Morgan fingerprint density at radius 3 is 1.39 bits per heavy atom. The SMILES string of the molecule is COCCNC(=S)NCCNC(=S)NCCOC. The third-order valence-corrected chi connectivity index (χ3v) is 2.46. The van der Waals surface area contributed by atoms with Gasteiger partial charge in [-0.2, -0.15) is 0 Å². The summed E-state index contributed by atoms with van der Waals surface area (Å²) >= 11 is 10.1. The first-order valence-corrected chi connectivity index (χ1v) is 6.53. The van der Waals surface area contributed by atoms with Crippen LogP contribution in [0.15, 0.2) is 0 Å². The van der Waals surface area contributed by atoms with Crippen LogP contribution in [0.5, 0.6) is 0 Å². The molecule has 0 rings (SSSR count). The monoisotopic (exact) mass is 294 g/mol. The highest BCUT2D eigenvalue weighted by atomic mass is 32.1. The first kappa shape index (κ1) is 17.3. The fourth-order valence-electron chi connectivity index (χ4n) is 1.01. The molecule has 0 aliphatic heterocycles. The Balaban J connectivity index is 3.32. The van der Waals surface area contributed by atoms with Crippen LogP contribution in [-0.2, 0) is 9.47 Å². The fourth-order valence-corrected chi connectivity index (χ4v) is 1.42. The molecule has 0 aliphatic carbocycles. The first-order valence-electron chi connectivity index (χ1n) is 5.72. The molecule has 0 amide bonds. The molecule has 0 aliphatic rings. The quantitative estimate of drug-likeness (QED) is 0.326. The molecular weight excluding hydrogens is 272 g/mol. The van der Waals surface area contributed by atoms with Crippen LogP contribution in [0.25, 0.3) is 0 Å². The molecule has 0 heterocycles. The standard InChI is InChI=1S/C10H22N4O2S2/c1-15-7-5-13-9(17)11-3-4-12-10(18)14-6-8-16-2/h3-8H2,1-2H3,(H2,11,13,17)(H2,12,14,18). The summed E-state index contributed by atoms with van der Waals surface area (Å²) in [4.78, 5) is 0. The van der Waals surface area contributed by atoms with Gasteiger partial charge in [-0.15, -0.1) is 0 Å². The molecule has 0 aromatic carbocycles. The number of hydrogen-bond acceptors (Lipinski definition) is 4. The molecule has 0 aromatic heterocycles. The Kier molecular flexibility index (Phi) is 12.3. The van der Waals surface area contributed by atoms with Crippen molar-refractivity contribution in [3.8, 4) is 0 Å². The van der Waals surface area contributed by atoms with Crippen molar-refractivity contribution in [1.29, 1.82) is 0 Å². The molecule has 0 aromatic rings. The number of rotatable bonds is 9. The van der Waals surface area contributed by atoms with Crippen molar-refractivity contribution in [3.63, 3.8) is 0 Å². The number of thiocarbonyl (C=S) groups is 2. The summed E-state index contributed by atoms with van der Waals surface area (Å²) in [7, 11) is 3.30. The van der Waals surface area contributed by atoms with Crippen LogP contribution >= 0.6 is 24.4 Å². The van der Waals surface area contributed by atoms with Gasteiger partial charge in [-0.3, -0.25) is 0 Å². The zero-order valence-electron chi connectivity index (χ0n) is 10.9. The molecule has 0 saturated carbocycles. The van der Waals surface area contributed by atoms with Crippen LogP contribution in [0.3, 0.4) is 0 Å². The van der Waals surface area contributed by atoms with E-state index in [9.17, 15) is 0 Å². The Bertz CT molecular complexity index is 218. The van der Waals surface area contributed by atoms with Crippen LogP contribution in [0.4, 0.5) is 0 Å². The molecule has 0 radical (unpaired) electrons. The van der Waals surface area contributed by atoms with Gasteiger partial charge in [0.15, 0.2) is 10.2 Å². The highest BCUT2D eigenvalue weighted by Crippen LogP contribution is 1.71. The van der Waals surface area contributed by atoms with E-state index in [1.165, 1.54) is 0 Å². The largest absolute Gasteiger partial charge is 0.383 e. The molecule has 0 saturated heterocycles. The molecule has 6 nitrogen and oxygen atoms in total. The van der Waals surface area contributed by atoms with Gasteiger partial charge in [0.05, 0.1) is 13.2 Å². The molecular formula is C10H22N4O2S2. The van der Waals surface area contributed by atoms with Gasteiger partial charge in [-0.05, 0) is 24.4 Å². The van der Waals surface area contributed by atoms with Crippen LogP contribution in [0.1, 0.15) is 0 Å². The van der Waals surface area contributed by atoms with Gasteiger partial charge in [-0.1, -0.05) is 0 Å². The minimum atomic E-state index is 0.618. The highest BCUT2D eigenvalue weighted by Gasteiger charge is 1.96. The summed E-state index contributed by atoms with van der Waals surface area (Å²) in [5.74, 6) is 0. The lowest BCUT2D eigenvalue weighted by atomic mass is 10.6. The number of hydrogen-bond donors (Lipinski definition) is 4. The van der Waals surface area contributed by atoms with E-state index in [1.807, 2.05) is 0 Å². The summed E-state index contributed by atoms with van der Waals surface area (Å²) in [6.45, 7) is 4.07. The number of ether oxygens (including phenoxy) is 2. The minimum absolute atomic E-state index is 0.618. The van der Waals surface area contributed by atoms with Crippen LogP contribution in [-0.4, -0.2) is 63.8 Å². The van der Waals surface area contributed by atoms with Crippen molar-refractivity contribution in [2.24, 2.45) is 0 Å². The second-order valence-corrected chi connectivity index (χ2v) is 4.17. The van der Waals surface area contributed by atoms with E-state index in [4.69, 9.17) is 33.9 Å². The van der Waals surface area contributed by atoms with Crippen LogP contribution in [0.2, 0.25) is 0 Å². The third-order valence-electron chi connectivity index (χ3n) is 1.88. The lowest BCUT2D eigenvalue weighted by Gasteiger charge is -2.12. The normalized spacial score (nSPS) is 9.67. The van der Waals surface area contributed by atoms with Gasteiger partial charge in [0.1, 0.15) is 0 Å². The molecule has 0 fully saturated rings.